The summed E-state index contributed by atoms with van der Waals surface area (Å²) in [7, 11) is 0. The van der Waals surface area contributed by atoms with Gasteiger partial charge in [0, 0.05) is 53.3 Å². The van der Waals surface area contributed by atoms with Gasteiger partial charge in [-0.2, -0.15) is 13.2 Å². The number of ether oxygens (including phenoxy) is 1. The molecule has 1 atom stereocenters. The molecule has 0 bridgehead atoms. The molecule has 11 heteroatoms. The molecule has 1 aromatic carbocycles. The fraction of sp³-hybridized carbons (Fsp3) is 0.429. The van der Waals surface area contributed by atoms with Crippen LogP contribution in [-0.4, -0.2) is 59.2 Å². The largest absolute Gasteiger partial charge is 0.490 e. The van der Waals surface area contributed by atoms with Crippen molar-refractivity contribution in [2.75, 3.05) is 31.6 Å². The highest BCUT2D eigenvalue weighted by Gasteiger charge is 2.52. The van der Waals surface area contributed by atoms with Crippen LogP contribution in [0.1, 0.15) is 47.8 Å². The third kappa shape index (κ3) is 4.73. The van der Waals surface area contributed by atoms with Gasteiger partial charge in [-0.25, -0.2) is 4.39 Å². The number of aromatic nitrogens is 2. The van der Waals surface area contributed by atoms with E-state index >= 15 is 0 Å². The zero-order valence-electron chi connectivity index (χ0n) is 21.4. The van der Waals surface area contributed by atoms with Crippen molar-refractivity contribution >= 4 is 17.3 Å². The molecule has 6 rings (SSSR count). The van der Waals surface area contributed by atoms with Gasteiger partial charge in [0.2, 0.25) is 0 Å². The van der Waals surface area contributed by atoms with Crippen LogP contribution in [-0.2, 0) is 11.8 Å². The molecule has 0 unspecified atom stereocenters. The SMILES string of the molecule is CCc1c(F)cccc1Nc1c(-c2ccncc2OC[C@H]2CCN2CC(F)(F)F)[nH]c2c1C(=O)NCC21CC1. The van der Waals surface area contributed by atoms with Crippen LogP contribution in [0.3, 0.4) is 0 Å². The molecule has 2 aliphatic heterocycles. The Morgan fingerprint density at radius 1 is 1.26 bits per heavy atom. The number of hydrogen-bond donors (Lipinski definition) is 3. The van der Waals surface area contributed by atoms with Gasteiger partial charge in [-0.15, -0.1) is 0 Å². The minimum atomic E-state index is -4.27. The van der Waals surface area contributed by atoms with Crippen molar-refractivity contribution in [1.29, 1.82) is 0 Å². The van der Waals surface area contributed by atoms with Gasteiger partial charge in [0.1, 0.15) is 18.2 Å². The average Bonchev–Trinajstić information content (AvgIpc) is 3.57. The summed E-state index contributed by atoms with van der Waals surface area (Å²) < 4.78 is 59.4. The summed E-state index contributed by atoms with van der Waals surface area (Å²) in [5, 5.41) is 6.34. The summed E-state index contributed by atoms with van der Waals surface area (Å²) in [6.45, 7) is 1.87. The number of nitrogens with one attached hydrogen (secondary N) is 3. The standard InChI is InChI=1S/C28H29F4N5O2/c1-2-17-19(29)4-3-5-20(17)35-24-22-25(27(8-9-27)14-34-26(22)38)36-23(24)18-6-10-33-12-21(18)39-13-16-7-11-37(16)15-28(30,31)32/h3-6,10,12,16,35-36H,2,7-9,11,13-15H2,1H3,(H,34,38)/t16-/m1/s1. The van der Waals surface area contributed by atoms with Crippen LogP contribution in [0.2, 0.25) is 0 Å². The quantitative estimate of drug-likeness (QED) is 0.336. The van der Waals surface area contributed by atoms with Gasteiger partial charge in [0.25, 0.3) is 5.91 Å². The number of carbonyl (C=O) groups is 1. The van der Waals surface area contributed by atoms with Crippen molar-refractivity contribution in [3.05, 3.63) is 59.3 Å². The molecule has 1 saturated carbocycles. The third-order valence-electron chi connectivity index (χ3n) is 8.06. The molecule has 2 fully saturated rings. The second-order valence-corrected chi connectivity index (χ2v) is 10.5. The first-order valence-corrected chi connectivity index (χ1v) is 13.2. The lowest BCUT2D eigenvalue weighted by Gasteiger charge is -2.40. The molecule has 206 valence electrons. The Hall–Kier alpha value is -3.60. The van der Waals surface area contributed by atoms with Gasteiger partial charge in [0.15, 0.2) is 0 Å². The van der Waals surface area contributed by atoms with Gasteiger partial charge in [-0.3, -0.25) is 14.7 Å². The van der Waals surface area contributed by atoms with Crippen LogP contribution in [0.4, 0.5) is 28.9 Å². The van der Waals surface area contributed by atoms with E-state index in [1.807, 2.05) is 6.92 Å². The fourth-order valence-corrected chi connectivity index (χ4v) is 5.63. The Balaban J connectivity index is 1.38. The Morgan fingerprint density at radius 2 is 2.08 bits per heavy atom. The van der Waals surface area contributed by atoms with E-state index in [0.29, 0.717) is 65.4 Å². The second kappa shape index (κ2) is 9.55. The molecular weight excluding hydrogens is 514 g/mol. The predicted octanol–water partition coefficient (Wildman–Crippen LogP) is 5.31. The Bertz CT molecular complexity index is 1420. The Morgan fingerprint density at radius 3 is 2.77 bits per heavy atom. The summed E-state index contributed by atoms with van der Waals surface area (Å²) in [5.41, 5.74) is 3.90. The monoisotopic (exact) mass is 543 g/mol. The number of nitrogens with zero attached hydrogens (tertiary/aromatic N) is 2. The maximum absolute atomic E-state index is 14.6. The van der Waals surface area contributed by atoms with Crippen molar-refractivity contribution in [2.45, 2.75) is 50.2 Å². The summed E-state index contributed by atoms with van der Waals surface area (Å²) in [4.78, 5) is 22.2. The zero-order chi connectivity index (χ0) is 27.4. The number of likely N-dealkylation sites (tertiary alicyclic amines) is 1. The number of fused-ring (bicyclic) bond motifs is 2. The van der Waals surface area contributed by atoms with Gasteiger partial charge in [-0.1, -0.05) is 13.0 Å². The first-order valence-electron chi connectivity index (χ1n) is 13.2. The number of halogens is 4. The number of amides is 1. The first kappa shape index (κ1) is 25.7. The molecule has 3 N–H and O–H groups in total. The van der Waals surface area contributed by atoms with E-state index in [2.05, 4.69) is 20.6 Å². The molecule has 3 aliphatic rings. The number of alkyl halides is 3. The number of aromatic amines is 1. The van der Waals surface area contributed by atoms with E-state index in [9.17, 15) is 22.4 Å². The number of H-pyrrole nitrogens is 1. The average molecular weight is 544 g/mol. The van der Waals surface area contributed by atoms with Crippen LogP contribution >= 0.6 is 0 Å². The number of rotatable bonds is 8. The van der Waals surface area contributed by atoms with Gasteiger partial charge < -0.3 is 20.4 Å². The van der Waals surface area contributed by atoms with E-state index in [1.165, 1.54) is 17.2 Å². The number of anilines is 2. The molecular formula is C28H29F4N5O2. The maximum atomic E-state index is 14.6. The Kier molecular flexibility index (Phi) is 6.28. The lowest BCUT2D eigenvalue weighted by Crippen LogP contribution is -2.54. The zero-order valence-corrected chi connectivity index (χ0v) is 21.4. The van der Waals surface area contributed by atoms with Crippen LogP contribution in [0.25, 0.3) is 11.3 Å². The number of carbonyl (C=O) groups excluding carboxylic acids is 1. The summed E-state index contributed by atoms with van der Waals surface area (Å²) in [5.74, 6) is -0.178. The molecule has 1 amide bonds. The lowest BCUT2D eigenvalue weighted by atomic mass is 9.93. The van der Waals surface area contributed by atoms with Crippen LogP contribution in [0, 0.1) is 5.82 Å². The normalized spacial score (nSPS) is 19.8. The molecule has 0 radical (unpaired) electrons. The minimum absolute atomic E-state index is 0.0757. The van der Waals surface area contributed by atoms with E-state index in [0.717, 1.165) is 18.5 Å². The van der Waals surface area contributed by atoms with Gasteiger partial charge >= 0.3 is 6.18 Å². The predicted molar refractivity (Wildman–Crippen MR) is 138 cm³/mol. The summed E-state index contributed by atoms with van der Waals surface area (Å²) in [6, 6.07) is 6.18. The van der Waals surface area contributed by atoms with Crippen LogP contribution in [0.5, 0.6) is 5.75 Å². The highest BCUT2D eigenvalue weighted by Crippen LogP contribution is 2.54. The van der Waals surface area contributed by atoms with E-state index in [-0.39, 0.29) is 29.8 Å². The van der Waals surface area contributed by atoms with Crippen molar-refractivity contribution < 1.29 is 27.1 Å². The van der Waals surface area contributed by atoms with Crippen molar-refractivity contribution in [3.8, 4) is 17.0 Å². The third-order valence-corrected chi connectivity index (χ3v) is 8.06. The summed E-state index contributed by atoms with van der Waals surface area (Å²) >= 11 is 0. The number of hydrogen-bond acceptors (Lipinski definition) is 5. The lowest BCUT2D eigenvalue weighted by molar-refractivity contribution is -0.163. The first-order chi connectivity index (χ1) is 18.7. The van der Waals surface area contributed by atoms with Crippen LogP contribution in [0.15, 0.2) is 36.7 Å². The minimum Gasteiger partial charge on any atom is -0.490 e. The van der Waals surface area contributed by atoms with Crippen LogP contribution < -0.4 is 15.4 Å². The molecule has 1 spiro atoms. The van der Waals surface area contributed by atoms with Gasteiger partial charge in [0.05, 0.1) is 29.7 Å². The molecule has 2 aromatic heterocycles. The summed E-state index contributed by atoms with van der Waals surface area (Å²) in [6.07, 6.45) is 1.77. The van der Waals surface area contributed by atoms with E-state index < -0.39 is 12.7 Å². The van der Waals surface area contributed by atoms with Crippen molar-refractivity contribution in [2.24, 2.45) is 0 Å². The topological polar surface area (TPSA) is 82.3 Å². The van der Waals surface area contributed by atoms with E-state index in [1.54, 1.807) is 24.4 Å². The highest BCUT2D eigenvalue weighted by molar-refractivity contribution is 6.07. The molecule has 39 heavy (non-hydrogen) atoms. The highest BCUT2D eigenvalue weighted by atomic mass is 19.4. The number of benzene rings is 1. The molecule has 1 aliphatic carbocycles. The smallest absolute Gasteiger partial charge is 0.401 e. The maximum Gasteiger partial charge on any atom is 0.401 e. The van der Waals surface area contributed by atoms with Gasteiger partial charge in [-0.05, 0) is 43.9 Å². The molecule has 1 saturated heterocycles. The fourth-order valence-electron chi connectivity index (χ4n) is 5.63. The number of pyridine rings is 1. The molecule has 7 nitrogen and oxygen atoms in total. The second-order valence-electron chi connectivity index (χ2n) is 10.5. The molecule has 4 heterocycles. The van der Waals surface area contributed by atoms with E-state index in [4.69, 9.17) is 4.74 Å². The van der Waals surface area contributed by atoms with Crippen molar-refractivity contribution in [3.63, 3.8) is 0 Å². The van der Waals surface area contributed by atoms with Crippen molar-refractivity contribution in [1.82, 2.24) is 20.2 Å². The Labute approximate surface area is 222 Å². The molecule has 3 aromatic rings.